The summed E-state index contributed by atoms with van der Waals surface area (Å²) in [5, 5.41) is 9.80. The second-order valence-electron chi connectivity index (χ2n) is 4.41. The highest BCUT2D eigenvalue weighted by Gasteiger charge is 2.16. The van der Waals surface area contributed by atoms with Crippen molar-refractivity contribution < 1.29 is 4.79 Å². The average molecular weight is 275 g/mol. The second-order valence-corrected chi connectivity index (χ2v) is 5.36. The first-order chi connectivity index (χ1) is 9.13. The van der Waals surface area contributed by atoms with E-state index in [0.717, 1.165) is 22.6 Å². The van der Waals surface area contributed by atoms with Crippen molar-refractivity contribution in [3.63, 3.8) is 0 Å². The molecule has 1 heterocycles. The summed E-state index contributed by atoms with van der Waals surface area (Å²) in [5.74, 6) is 0.0787. The Morgan fingerprint density at radius 1 is 1.32 bits per heavy atom. The molecule has 0 spiro atoms. The molecule has 0 atom stereocenters. The average Bonchev–Trinajstić information content (AvgIpc) is 2.88. The van der Waals surface area contributed by atoms with Crippen LogP contribution in [0.1, 0.15) is 25.3 Å². The van der Waals surface area contributed by atoms with E-state index in [9.17, 15) is 4.79 Å². The first-order valence-electron chi connectivity index (χ1n) is 6.29. The molecule has 1 amide bonds. The summed E-state index contributed by atoms with van der Waals surface area (Å²) in [6.07, 6.45) is 1.38. The lowest BCUT2D eigenvalue weighted by molar-refractivity contribution is -0.118. The largest absolute Gasteiger partial charge is 0.290 e. The number of aryl methyl sites for hydroxylation is 1. The zero-order valence-electron chi connectivity index (χ0n) is 11.4. The lowest BCUT2D eigenvalue weighted by Crippen LogP contribution is -2.25. The number of anilines is 1. The van der Waals surface area contributed by atoms with E-state index < -0.39 is 0 Å². The van der Waals surface area contributed by atoms with Crippen LogP contribution >= 0.6 is 11.3 Å². The van der Waals surface area contributed by atoms with Crippen molar-refractivity contribution >= 4 is 22.4 Å². The summed E-state index contributed by atoms with van der Waals surface area (Å²) in [5.41, 5.74) is 2.23. The van der Waals surface area contributed by atoms with Crippen molar-refractivity contribution in [2.75, 3.05) is 11.9 Å². The van der Waals surface area contributed by atoms with Crippen LogP contribution in [-0.2, 0) is 4.79 Å². The van der Waals surface area contributed by atoms with Gasteiger partial charge in [-0.15, -0.1) is 10.2 Å². The van der Waals surface area contributed by atoms with E-state index >= 15 is 0 Å². The Morgan fingerprint density at radius 3 is 2.74 bits per heavy atom. The SMILES string of the molecule is CCCC(=O)N(C)c1nnc(-c2ccccc2C)s1. The molecule has 19 heavy (non-hydrogen) atoms. The Kier molecular flexibility index (Phi) is 4.27. The Hall–Kier alpha value is -1.75. The maximum Gasteiger partial charge on any atom is 0.228 e. The van der Waals surface area contributed by atoms with Gasteiger partial charge in [-0.3, -0.25) is 9.69 Å². The number of benzene rings is 1. The topological polar surface area (TPSA) is 46.1 Å². The number of amides is 1. The molecule has 2 aromatic rings. The number of hydrogen-bond acceptors (Lipinski definition) is 4. The van der Waals surface area contributed by atoms with Crippen LogP contribution in [0.5, 0.6) is 0 Å². The Morgan fingerprint density at radius 2 is 2.05 bits per heavy atom. The van der Waals surface area contributed by atoms with Crippen LogP contribution in [0, 0.1) is 6.92 Å². The van der Waals surface area contributed by atoms with Gasteiger partial charge in [0.05, 0.1) is 0 Å². The fraction of sp³-hybridized carbons (Fsp3) is 0.357. The molecule has 4 nitrogen and oxygen atoms in total. The van der Waals surface area contributed by atoms with E-state index in [-0.39, 0.29) is 5.91 Å². The lowest BCUT2D eigenvalue weighted by atomic mass is 10.1. The Bertz CT molecular complexity index is 580. The summed E-state index contributed by atoms with van der Waals surface area (Å²) in [6, 6.07) is 8.04. The van der Waals surface area contributed by atoms with Gasteiger partial charge >= 0.3 is 0 Å². The van der Waals surface area contributed by atoms with Crippen LogP contribution in [0.3, 0.4) is 0 Å². The van der Waals surface area contributed by atoms with E-state index in [1.54, 1.807) is 11.9 Å². The molecule has 0 saturated carbocycles. The van der Waals surface area contributed by atoms with Gasteiger partial charge in [0.15, 0.2) is 0 Å². The maximum absolute atomic E-state index is 11.8. The third-order valence-corrected chi connectivity index (χ3v) is 3.95. The zero-order valence-corrected chi connectivity index (χ0v) is 12.2. The van der Waals surface area contributed by atoms with Gasteiger partial charge in [-0.05, 0) is 18.9 Å². The van der Waals surface area contributed by atoms with E-state index in [2.05, 4.69) is 10.2 Å². The minimum Gasteiger partial charge on any atom is -0.290 e. The predicted molar refractivity (Wildman–Crippen MR) is 78.4 cm³/mol. The molecule has 2 rings (SSSR count). The first-order valence-corrected chi connectivity index (χ1v) is 7.11. The van der Waals surface area contributed by atoms with Gasteiger partial charge in [-0.1, -0.05) is 42.5 Å². The van der Waals surface area contributed by atoms with Gasteiger partial charge in [-0.2, -0.15) is 0 Å². The molecule has 0 bridgehead atoms. The van der Waals surface area contributed by atoms with Crippen LogP contribution in [0.15, 0.2) is 24.3 Å². The quantitative estimate of drug-likeness (QED) is 0.860. The number of carbonyl (C=O) groups is 1. The van der Waals surface area contributed by atoms with Gasteiger partial charge in [0, 0.05) is 19.0 Å². The van der Waals surface area contributed by atoms with Crippen molar-refractivity contribution in [3.05, 3.63) is 29.8 Å². The van der Waals surface area contributed by atoms with Gasteiger partial charge < -0.3 is 0 Å². The number of aromatic nitrogens is 2. The number of hydrogen-bond donors (Lipinski definition) is 0. The fourth-order valence-corrected chi connectivity index (χ4v) is 2.67. The molecular weight excluding hydrogens is 258 g/mol. The highest BCUT2D eigenvalue weighted by Crippen LogP contribution is 2.30. The molecule has 0 aliphatic carbocycles. The monoisotopic (exact) mass is 275 g/mol. The van der Waals surface area contributed by atoms with Crippen molar-refractivity contribution in [1.82, 2.24) is 10.2 Å². The van der Waals surface area contributed by atoms with Gasteiger partial charge in [0.1, 0.15) is 5.01 Å². The van der Waals surface area contributed by atoms with E-state index in [1.807, 2.05) is 38.1 Å². The molecule has 0 aliphatic heterocycles. The summed E-state index contributed by atoms with van der Waals surface area (Å²) in [6.45, 7) is 4.03. The fourth-order valence-electron chi connectivity index (χ4n) is 1.76. The summed E-state index contributed by atoms with van der Waals surface area (Å²) in [4.78, 5) is 13.4. The molecule has 1 aromatic carbocycles. The standard InChI is InChI=1S/C14H17N3OS/c1-4-7-12(18)17(3)14-16-15-13(19-14)11-9-6-5-8-10(11)2/h5-6,8-9H,4,7H2,1-3H3. The minimum absolute atomic E-state index is 0.0787. The van der Waals surface area contributed by atoms with Crippen LogP contribution in [0.4, 0.5) is 5.13 Å². The molecule has 100 valence electrons. The summed E-state index contributed by atoms with van der Waals surface area (Å²) >= 11 is 1.45. The molecule has 0 N–H and O–H groups in total. The molecule has 5 heteroatoms. The summed E-state index contributed by atoms with van der Waals surface area (Å²) in [7, 11) is 1.75. The molecule has 1 aromatic heterocycles. The highest BCUT2D eigenvalue weighted by molar-refractivity contribution is 7.18. The number of rotatable bonds is 4. The smallest absolute Gasteiger partial charge is 0.228 e. The number of nitrogens with zero attached hydrogens (tertiary/aromatic N) is 3. The van der Waals surface area contributed by atoms with Crippen LogP contribution in [-0.4, -0.2) is 23.2 Å². The molecule has 0 fully saturated rings. The van der Waals surface area contributed by atoms with Crippen LogP contribution in [0.2, 0.25) is 0 Å². The Labute approximate surface area is 117 Å². The molecule has 0 saturated heterocycles. The van der Waals surface area contributed by atoms with Crippen molar-refractivity contribution in [1.29, 1.82) is 0 Å². The van der Waals surface area contributed by atoms with E-state index in [4.69, 9.17) is 0 Å². The third kappa shape index (κ3) is 2.98. The summed E-state index contributed by atoms with van der Waals surface area (Å²) < 4.78 is 0. The van der Waals surface area contributed by atoms with Crippen molar-refractivity contribution in [2.24, 2.45) is 0 Å². The molecular formula is C14H17N3OS. The molecule has 0 aliphatic rings. The van der Waals surface area contributed by atoms with Crippen LogP contribution in [0.25, 0.3) is 10.6 Å². The van der Waals surface area contributed by atoms with Crippen molar-refractivity contribution in [2.45, 2.75) is 26.7 Å². The molecule has 0 unspecified atom stereocenters. The first kappa shape index (κ1) is 13.7. The Balaban J connectivity index is 2.24. The maximum atomic E-state index is 11.8. The zero-order chi connectivity index (χ0) is 13.8. The molecule has 0 radical (unpaired) electrons. The van der Waals surface area contributed by atoms with Crippen molar-refractivity contribution in [3.8, 4) is 10.6 Å². The van der Waals surface area contributed by atoms with Gasteiger partial charge in [0.2, 0.25) is 11.0 Å². The van der Waals surface area contributed by atoms with Gasteiger partial charge in [0.25, 0.3) is 0 Å². The second kappa shape index (κ2) is 5.93. The highest BCUT2D eigenvalue weighted by atomic mass is 32.1. The van der Waals surface area contributed by atoms with Gasteiger partial charge in [-0.25, -0.2) is 0 Å². The van der Waals surface area contributed by atoms with E-state index in [1.165, 1.54) is 11.3 Å². The van der Waals surface area contributed by atoms with Crippen LogP contribution < -0.4 is 4.90 Å². The normalized spacial score (nSPS) is 10.5. The number of carbonyl (C=O) groups excluding carboxylic acids is 1. The predicted octanol–water partition coefficient (Wildman–Crippen LogP) is 3.28. The lowest BCUT2D eigenvalue weighted by Gasteiger charge is -2.11. The van der Waals surface area contributed by atoms with E-state index in [0.29, 0.717) is 11.6 Å². The minimum atomic E-state index is 0.0787. The third-order valence-electron chi connectivity index (χ3n) is 2.91.